The minimum atomic E-state index is -0.190. The molecule has 1 N–H and O–H groups in total. The summed E-state index contributed by atoms with van der Waals surface area (Å²) in [6.07, 6.45) is 5.93. The second-order valence-electron chi connectivity index (χ2n) is 8.83. The molecular weight excluding hydrogens is 380 g/mol. The summed E-state index contributed by atoms with van der Waals surface area (Å²) in [5.41, 5.74) is 1.23. The summed E-state index contributed by atoms with van der Waals surface area (Å²) in [5.74, 6) is 2.91. The minimum Gasteiger partial charge on any atom is -0.352 e. The summed E-state index contributed by atoms with van der Waals surface area (Å²) < 4.78 is 2.22. The highest BCUT2D eigenvalue weighted by molar-refractivity contribution is 8.00. The third kappa shape index (κ3) is 4.85. The summed E-state index contributed by atoms with van der Waals surface area (Å²) in [7, 11) is 0. The molecule has 1 aromatic heterocycles. The van der Waals surface area contributed by atoms with Crippen LogP contribution < -0.4 is 5.32 Å². The number of carbonyl (C=O) groups is 1. The van der Waals surface area contributed by atoms with Crippen molar-refractivity contribution in [2.75, 3.05) is 0 Å². The minimum absolute atomic E-state index is 0.114. The van der Waals surface area contributed by atoms with E-state index in [4.69, 9.17) is 0 Å². The Labute approximate surface area is 178 Å². The van der Waals surface area contributed by atoms with E-state index in [2.05, 4.69) is 58.2 Å². The van der Waals surface area contributed by atoms with E-state index >= 15 is 0 Å². The first kappa shape index (κ1) is 20.5. The molecule has 2 fully saturated rings. The van der Waals surface area contributed by atoms with Crippen LogP contribution in [-0.4, -0.2) is 32.0 Å². The van der Waals surface area contributed by atoms with Crippen LogP contribution in [0.4, 0.5) is 0 Å². The number of benzene rings is 1. The van der Waals surface area contributed by atoms with Gasteiger partial charge in [0, 0.05) is 12.0 Å². The lowest BCUT2D eigenvalue weighted by Gasteiger charge is -2.35. The van der Waals surface area contributed by atoms with Crippen LogP contribution >= 0.6 is 11.8 Å². The highest BCUT2D eigenvalue weighted by Crippen LogP contribution is 2.40. The number of thioether (sulfide) groups is 1. The van der Waals surface area contributed by atoms with Crippen molar-refractivity contribution in [1.82, 2.24) is 20.1 Å². The quantitative estimate of drug-likeness (QED) is 0.674. The fraction of sp³-hybridized carbons (Fsp3) is 0.609. The molecule has 29 heavy (non-hydrogen) atoms. The van der Waals surface area contributed by atoms with Gasteiger partial charge in [0.15, 0.2) is 5.16 Å². The van der Waals surface area contributed by atoms with Crippen LogP contribution in [0.3, 0.4) is 0 Å². The van der Waals surface area contributed by atoms with Crippen molar-refractivity contribution in [3.8, 4) is 0 Å². The Hall–Kier alpha value is -1.82. The van der Waals surface area contributed by atoms with Gasteiger partial charge in [0.1, 0.15) is 5.82 Å². The molecule has 4 rings (SSSR count). The second-order valence-corrected chi connectivity index (χ2v) is 10.1. The average Bonchev–Trinajstić information content (AvgIpc) is 3.49. The fourth-order valence-electron chi connectivity index (χ4n) is 4.24. The maximum atomic E-state index is 12.9. The third-order valence-electron chi connectivity index (χ3n) is 6.56. The molecule has 0 saturated heterocycles. The number of carbonyl (C=O) groups excluding carboxylic acids is 1. The molecule has 1 aromatic carbocycles. The summed E-state index contributed by atoms with van der Waals surface area (Å²) >= 11 is 1.53. The molecule has 2 aliphatic carbocycles. The Balaban J connectivity index is 1.45. The van der Waals surface area contributed by atoms with Crippen LogP contribution in [-0.2, 0) is 11.3 Å². The molecule has 0 spiro atoms. The van der Waals surface area contributed by atoms with E-state index in [1.807, 2.05) is 13.0 Å². The lowest BCUT2D eigenvalue weighted by atomic mass is 9.78. The van der Waals surface area contributed by atoms with E-state index < -0.39 is 0 Å². The fourth-order valence-corrected chi connectivity index (χ4v) is 5.11. The zero-order valence-electron chi connectivity index (χ0n) is 17.7. The molecule has 6 heteroatoms. The first-order valence-electron chi connectivity index (χ1n) is 11.0. The van der Waals surface area contributed by atoms with E-state index in [0.29, 0.717) is 23.8 Å². The topological polar surface area (TPSA) is 59.8 Å². The largest absolute Gasteiger partial charge is 0.352 e. The van der Waals surface area contributed by atoms with Crippen molar-refractivity contribution in [2.24, 2.45) is 11.8 Å². The number of hydrogen-bond donors (Lipinski definition) is 1. The summed E-state index contributed by atoms with van der Waals surface area (Å²) in [6.45, 7) is 7.31. The van der Waals surface area contributed by atoms with Crippen molar-refractivity contribution >= 4 is 17.7 Å². The van der Waals surface area contributed by atoms with Crippen LogP contribution in [0.1, 0.15) is 70.2 Å². The normalized spacial score (nSPS) is 25.6. The molecule has 1 heterocycles. The van der Waals surface area contributed by atoms with Crippen molar-refractivity contribution in [2.45, 2.75) is 81.8 Å². The van der Waals surface area contributed by atoms with Crippen molar-refractivity contribution in [1.29, 1.82) is 0 Å². The lowest BCUT2D eigenvalue weighted by Crippen LogP contribution is -2.46. The summed E-state index contributed by atoms with van der Waals surface area (Å²) in [4.78, 5) is 12.9. The van der Waals surface area contributed by atoms with E-state index in [-0.39, 0.29) is 11.2 Å². The van der Waals surface area contributed by atoms with E-state index in [1.165, 1.54) is 43.0 Å². The third-order valence-corrected chi connectivity index (χ3v) is 7.64. The molecule has 2 aromatic rings. The maximum absolute atomic E-state index is 12.9. The van der Waals surface area contributed by atoms with Gasteiger partial charge < -0.3 is 9.88 Å². The SMILES string of the molecule is C[C@@H]1[C@H](C)CCC[C@@H]1NC(=O)[C@@H](C)Sc1nnc(C2CC2)n1Cc1ccccc1. The molecule has 0 unspecified atom stereocenters. The second kappa shape index (κ2) is 8.90. The average molecular weight is 413 g/mol. The summed E-state index contributed by atoms with van der Waals surface area (Å²) in [6, 6.07) is 10.7. The van der Waals surface area contributed by atoms with Gasteiger partial charge in [-0.15, -0.1) is 10.2 Å². The van der Waals surface area contributed by atoms with Gasteiger partial charge in [-0.2, -0.15) is 0 Å². The zero-order valence-corrected chi connectivity index (χ0v) is 18.5. The first-order valence-corrected chi connectivity index (χ1v) is 11.8. The molecule has 4 atom stereocenters. The molecule has 2 saturated carbocycles. The van der Waals surface area contributed by atoms with Crippen molar-refractivity contribution < 1.29 is 4.79 Å². The number of hydrogen-bond acceptors (Lipinski definition) is 4. The Kier molecular flexibility index (Phi) is 6.28. The number of rotatable bonds is 7. The number of nitrogens with one attached hydrogen (secondary N) is 1. The molecule has 0 aliphatic heterocycles. The maximum Gasteiger partial charge on any atom is 0.233 e. The zero-order chi connectivity index (χ0) is 20.4. The monoisotopic (exact) mass is 412 g/mol. The molecule has 1 amide bonds. The number of aromatic nitrogens is 3. The van der Waals surface area contributed by atoms with E-state index in [0.717, 1.165) is 23.9 Å². The molecule has 156 valence electrons. The predicted molar refractivity (Wildman–Crippen MR) is 117 cm³/mol. The Bertz CT molecular complexity index is 833. The molecule has 2 aliphatic rings. The van der Waals surface area contributed by atoms with Crippen LogP contribution in [0.5, 0.6) is 0 Å². The smallest absolute Gasteiger partial charge is 0.233 e. The molecule has 0 bridgehead atoms. The van der Waals surface area contributed by atoms with Gasteiger partial charge in [-0.3, -0.25) is 4.79 Å². The van der Waals surface area contributed by atoms with Crippen LogP contribution in [0, 0.1) is 11.8 Å². The van der Waals surface area contributed by atoms with Crippen LogP contribution in [0.2, 0.25) is 0 Å². The van der Waals surface area contributed by atoms with Gasteiger partial charge in [0.05, 0.1) is 11.8 Å². The van der Waals surface area contributed by atoms with Crippen molar-refractivity contribution in [3.63, 3.8) is 0 Å². The lowest BCUT2D eigenvalue weighted by molar-refractivity contribution is -0.121. The highest BCUT2D eigenvalue weighted by atomic mass is 32.2. The van der Waals surface area contributed by atoms with Gasteiger partial charge in [-0.25, -0.2) is 0 Å². The Morgan fingerprint density at radius 3 is 2.66 bits per heavy atom. The first-order chi connectivity index (χ1) is 14.0. The number of amides is 1. The van der Waals surface area contributed by atoms with Gasteiger partial charge in [-0.05, 0) is 43.6 Å². The van der Waals surface area contributed by atoms with Gasteiger partial charge in [0.2, 0.25) is 5.91 Å². The molecular formula is C23H32N4OS. The van der Waals surface area contributed by atoms with Crippen LogP contribution in [0.15, 0.2) is 35.5 Å². The van der Waals surface area contributed by atoms with Crippen LogP contribution in [0.25, 0.3) is 0 Å². The Morgan fingerprint density at radius 2 is 1.93 bits per heavy atom. The van der Waals surface area contributed by atoms with Crippen molar-refractivity contribution in [3.05, 3.63) is 41.7 Å². The predicted octanol–water partition coefficient (Wildman–Crippen LogP) is 4.63. The van der Waals surface area contributed by atoms with E-state index in [9.17, 15) is 4.79 Å². The highest BCUT2D eigenvalue weighted by Gasteiger charge is 2.32. The number of nitrogens with zero attached hydrogens (tertiary/aromatic N) is 3. The van der Waals surface area contributed by atoms with Gasteiger partial charge >= 0.3 is 0 Å². The Morgan fingerprint density at radius 1 is 1.17 bits per heavy atom. The van der Waals surface area contributed by atoms with Gasteiger partial charge in [0.25, 0.3) is 0 Å². The standard InChI is InChI=1S/C23H32N4OS/c1-15-8-7-11-20(16(15)2)24-22(28)17(3)29-23-26-25-21(19-12-13-19)27(23)14-18-9-5-4-6-10-18/h4-6,9-10,15-17,19-20H,7-8,11-14H2,1-3H3,(H,24,28)/t15-,16-,17-,20+/m1/s1. The van der Waals surface area contributed by atoms with Gasteiger partial charge in [-0.1, -0.05) is 68.8 Å². The molecule has 0 radical (unpaired) electrons. The summed E-state index contributed by atoms with van der Waals surface area (Å²) in [5, 5.41) is 12.9. The molecule has 5 nitrogen and oxygen atoms in total. The van der Waals surface area contributed by atoms with E-state index in [1.54, 1.807) is 0 Å².